The van der Waals surface area contributed by atoms with E-state index in [1.807, 2.05) is 28.4 Å². The Labute approximate surface area is 127 Å². The molecule has 0 amide bonds. The Bertz CT molecular complexity index is 790. The number of fused-ring (bicyclic) bond motifs is 1. The smallest absolute Gasteiger partial charge is 0.340 e. The summed E-state index contributed by atoms with van der Waals surface area (Å²) in [5.41, 5.74) is 2.70. The highest BCUT2D eigenvalue weighted by Crippen LogP contribution is 2.29. The number of rotatable bonds is 3. The van der Waals surface area contributed by atoms with E-state index in [1.54, 1.807) is 18.0 Å². The van der Waals surface area contributed by atoms with Crippen molar-refractivity contribution in [1.82, 2.24) is 3.97 Å². The minimum Gasteiger partial charge on any atom is -0.465 e. The number of ether oxygens (including phenoxy) is 1. The van der Waals surface area contributed by atoms with Crippen LogP contribution in [-0.4, -0.2) is 17.1 Å². The molecule has 0 aliphatic heterocycles. The second-order valence-electron chi connectivity index (χ2n) is 4.78. The average Bonchev–Trinajstić information content (AvgIpc) is 2.92. The van der Waals surface area contributed by atoms with Crippen molar-refractivity contribution in [3.05, 3.63) is 65.9 Å². The number of para-hydroxylation sites is 1. The van der Waals surface area contributed by atoms with Gasteiger partial charge in [0.1, 0.15) is 0 Å². The van der Waals surface area contributed by atoms with Gasteiger partial charge in [0, 0.05) is 16.5 Å². The first-order valence-corrected chi connectivity index (χ1v) is 7.40. The van der Waals surface area contributed by atoms with Crippen LogP contribution in [-0.2, 0) is 4.74 Å². The lowest BCUT2D eigenvalue weighted by Gasteiger charge is -2.08. The van der Waals surface area contributed by atoms with E-state index in [9.17, 15) is 4.79 Å². The maximum absolute atomic E-state index is 11.9. The summed E-state index contributed by atoms with van der Waals surface area (Å²) >= 11 is 1.58. The molecule has 1 aromatic heterocycles. The number of methoxy groups -OCH3 is 1. The predicted molar refractivity (Wildman–Crippen MR) is 85.7 cm³/mol. The molecule has 1 heterocycles. The Hall–Kier alpha value is -2.20. The normalized spacial score (nSPS) is 10.8. The number of aromatic nitrogens is 1. The van der Waals surface area contributed by atoms with Gasteiger partial charge in [-0.05, 0) is 43.1 Å². The zero-order chi connectivity index (χ0) is 14.8. The van der Waals surface area contributed by atoms with Gasteiger partial charge in [-0.2, -0.15) is 0 Å². The van der Waals surface area contributed by atoms with Crippen LogP contribution in [0.25, 0.3) is 10.9 Å². The summed E-state index contributed by atoms with van der Waals surface area (Å²) in [5, 5.41) is 1.03. The molecule has 0 radical (unpaired) electrons. The first-order valence-electron chi connectivity index (χ1n) is 6.62. The number of carbonyl (C=O) groups excluding carboxylic acids is 1. The van der Waals surface area contributed by atoms with E-state index >= 15 is 0 Å². The summed E-state index contributed by atoms with van der Waals surface area (Å²) in [6.07, 6.45) is 1.97. The fourth-order valence-corrected chi connectivity index (χ4v) is 3.13. The van der Waals surface area contributed by atoms with Crippen molar-refractivity contribution in [3.8, 4) is 0 Å². The fraction of sp³-hybridized carbons (Fsp3) is 0.118. The Kier molecular flexibility index (Phi) is 3.71. The zero-order valence-electron chi connectivity index (χ0n) is 11.9. The van der Waals surface area contributed by atoms with Crippen LogP contribution in [0.5, 0.6) is 0 Å². The minimum atomic E-state index is -0.315. The lowest BCUT2D eigenvalue weighted by Crippen LogP contribution is -2.03. The van der Waals surface area contributed by atoms with Crippen LogP contribution in [0.15, 0.2) is 59.6 Å². The first kappa shape index (κ1) is 13.8. The zero-order valence-corrected chi connectivity index (χ0v) is 12.7. The Morgan fingerprint density at radius 2 is 1.86 bits per heavy atom. The van der Waals surface area contributed by atoms with E-state index in [4.69, 9.17) is 4.74 Å². The fourth-order valence-electron chi connectivity index (χ4n) is 2.23. The van der Waals surface area contributed by atoms with Gasteiger partial charge < -0.3 is 4.74 Å². The molecule has 3 aromatic rings. The molecule has 0 saturated heterocycles. The standard InChI is InChI=1S/C17H15NO2S/c1-12-6-8-14(9-7-12)21-18-11-10-13-4-3-5-15(16(13)18)17(19)20-2/h3-11H,1-2H3. The Morgan fingerprint density at radius 3 is 2.57 bits per heavy atom. The van der Waals surface area contributed by atoms with Gasteiger partial charge in [-0.1, -0.05) is 29.8 Å². The molecule has 3 nitrogen and oxygen atoms in total. The molecule has 106 valence electrons. The van der Waals surface area contributed by atoms with Crippen molar-refractivity contribution < 1.29 is 9.53 Å². The molecule has 2 aromatic carbocycles. The van der Waals surface area contributed by atoms with Gasteiger partial charge in [0.15, 0.2) is 0 Å². The molecule has 0 fully saturated rings. The van der Waals surface area contributed by atoms with Crippen LogP contribution in [0.4, 0.5) is 0 Å². The number of aryl methyl sites for hydroxylation is 1. The van der Waals surface area contributed by atoms with Gasteiger partial charge in [-0.3, -0.25) is 3.97 Å². The Balaban J connectivity index is 2.06. The number of hydrogen-bond acceptors (Lipinski definition) is 3. The summed E-state index contributed by atoms with van der Waals surface area (Å²) in [6, 6.07) is 16.0. The van der Waals surface area contributed by atoms with E-state index in [0.29, 0.717) is 5.56 Å². The van der Waals surface area contributed by atoms with Crippen molar-refractivity contribution in [2.24, 2.45) is 0 Å². The Morgan fingerprint density at radius 1 is 1.10 bits per heavy atom. The second-order valence-corrected chi connectivity index (χ2v) is 5.83. The molecule has 0 unspecified atom stereocenters. The molecule has 0 atom stereocenters. The number of esters is 1. The quantitative estimate of drug-likeness (QED) is 0.676. The molecule has 0 bridgehead atoms. The highest BCUT2D eigenvalue weighted by Gasteiger charge is 2.14. The summed E-state index contributed by atoms with van der Waals surface area (Å²) in [4.78, 5) is 13.1. The van der Waals surface area contributed by atoms with Crippen molar-refractivity contribution >= 4 is 28.8 Å². The van der Waals surface area contributed by atoms with E-state index in [-0.39, 0.29) is 5.97 Å². The maximum atomic E-state index is 11.9. The second kappa shape index (κ2) is 5.66. The van der Waals surface area contributed by atoms with E-state index in [2.05, 4.69) is 31.2 Å². The molecular weight excluding hydrogens is 282 g/mol. The lowest BCUT2D eigenvalue weighted by atomic mass is 10.1. The summed E-state index contributed by atoms with van der Waals surface area (Å²) in [7, 11) is 1.40. The maximum Gasteiger partial charge on any atom is 0.340 e. The van der Waals surface area contributed by atoms with Crippen LogP contribution >= 0.6 is 11.9 Å². The minimum absolute atomic E-state index is 0.315. The van der Waals surface area contributed by atoms with Crippen molar-refractivity contribution in [2.45, 2.75) is 11.8 Å². The van der Waals surface area contributed by atoms with E-state index < -0.39 is 0 Å². The molecule has 3 rings (SSSR count). The number of benzene rings is 2. The average molecular weight is 297 g/mol. The summed E-state index contributed by atoms with van der Waals surface area (Å²) < 4.78 is 6.88. The topological polar surface area (TPSA) is 31.2 Å². The first-order chi connectivity index (χ1) is 10.2. The van der Waals surface area contributed by atoms with Crippen LogP contribution in [0.1, 0.15) is 15.9 Å². The third-order valence-electron chi connectivity index (χ3n) is 3.31. The molecule has 4 heteroatoms. The molecule has 0 saturated carbocycles. The lowest BCUT2D eigenvalue weighted by molar-refractivity contribution is 0.0602. The van der Waals surface area contributed by atoms with Gasteiger partial charge in [-0.25, -0.2) is 4.79 Å². The number of nitrogens with zero attached hydrogens (tertiary/aromatic N) is 1. The monoisotopic (exact) mass is 297 g/mol. The van der Waals surface area contributed by atoms with Crippen LogP contribution in [0, 0.1) is 6.92 Å². The van der Waals surface area contributed by atoms with Crippen LogP contribution in [0.2, 0.25) is 0 Å². The number of carbonyl (C=O) groups is 1. The molecular formula is C17H15NO2S. The molecule has 0 N–H and O–H groups in total. The van der Waals surface area contributed by atoms with Crippen molar-refractivity contribution in [2.75, 3.05) is 7.11 Å². The third kappa shape index (κ3) is 2.67. The molecule has 21 heavy (non-hydrogen) atoms. The van der Waals surface area contributed by atoms with Gasteiger partial charge >= 0.3 is 5.97 Å². The molecule has 0 aliphatic carbocycles. The number of hydrogen-bond donors (Lipinski definition) is 0. The van der Waals surface area contributed by atoms with Crippen LogP contribution < -0.4 is 0 Å². The highest BCUT2D eigenvalue weighted by atomic mass is 32.2. The van der Waals surface area contributed by atoms with Gasteiger partial charge in [0.05, 0.1) is 18.2 Å². The van der Waals surface area contributed by atoms with Crippen molar-refractivity contribution in [1.29, 1.82) is 0 Å². The molecule has 0 spiro atoms. The summed E-state index contributed by atoms with van der Waals surface area (Å²) in [6.45, 7) is 2.06. The SMILES string of the molecule is COC(=O)c1cccc2ccn(Sc3ccc(C)cc3)c12. The van der Waals surface area contributed by atoms with Crippen molar-refractivity contribution in [3.63, 3.8) is 0 Å². The van der Waals surface area contributed by atoms with E-state index in [1.165, 1.54) is 12.7 Å². The third-order valence-corrected chi connectivity index (χ3v) is 4.29. The summed E-state index contributed by atoms with van der Waals surface area (Å²) in [5.74, 6) is -0.315. The van der Waals surface area contributed by atoms with Gasteiger partial charge in [0.25, 0.3) is 0 Å². The van der Waals surface area contributed by atoms with Crippen LogP contribution in [0.3, 0.4) is 0 Å². The van der Waals surface area contributed by atoms with Gasteiger partial charge in [-0.15, -0.1) is 0 Å². The predicted octanol–water partition coefficient (Wildman–Crippen LogP) is 4.29. The van der Waals surface area contributed by atoms with E-state index in [0.717, 1.165) is 15.8 Å². The largest absolute Gasteiger partial charge is 0.465 e. The molecule has 0 aliphatic rings. The highest BCUT2D eigenvalue weighted by molar-refractivity contribution is 7.98. The van der Waals surface area contributed by atoms with Gasteiger partial charge in [0.2, 0.25) is 0 Å².